The third-order valence-electron chi connectivity index (χ3n) is 6.82. The molecule has 0 radical (unpaired) electrons. The molecule has 11 heteroatoms. The molecule has 0 aliphatic rings. The van der Waals surface area contributed by atoms with Gasteiger partial charge in [0.05, 0.1) is 10.6 Å². The van der Waals surface area contributed by atoms with Crippen LogP contribution in [0.15, 0.2) is 108 Å². The van der Waals surface area contributed by atoms with Crippen LogP contribution in [0, 0.1) is 5.82 Å². The Morgan fingerprint density at radius 1 is 0.818 bits per heavy atom. The van der Waals surface area contributed by atoms with Crippen LogP contribution in [0.25, 0.3) is 0 Å². The van der Waals surface area contributed by atoms with Gasteiger partial charge in [-0.3, -0.25) is 13.9 Å². The molecule has 0 bridgehead atoms. The molecule has 0 spiro atoms. The average molecular weight is 657 g/mol. The monoisotopic (exact) mass is 655 g/mol. The number of anilines is 1. The SMILES string of the molecule is CC(C)NC(=O)C(Cc1ccccc1)N(Cc1c(Cl)cccc1Cl)C(=O)CN(c1ccc(F)cc1)S(=O)(=O)c1ccccc1. The Labute approximate surface area is 267 Å². The van der Waals surface area contributed by atoms with E-state index in [0.29, 0.717) is 5.56 Å². The zero-order valence-electron chi connectivity index (χ0n) is 24.2. The molecule has 0 aliphatic carbocycles. The molecule has 44 heavy (non-hydrogen) atoms. The van der Waals surface area contributed by atoms with Gasteiger partial charge in [0.15, 0.2) is 0 Å². The van der Waals surface area contributed by atoms with Gasteiger partial charge in [-0.05, 0) is 67.9 Å². The molecule has 1 unspecified atom stereocenters. The van der Waals surface area contributed by atoms with Crippen molar-refractivity contribution < 1.29 is 22.4 Å². The van der Waals surface area contributed by atoms with Crippen molar-refractivity contribution in [2.45, 2.75) is 43.8 Å². The van der Waals surface area contributed by atoms with Gasteiger partial charge in [0.25, 0.3) is 10.0 Å². The van der Waals surface area contributed by atoms with E-state index in [1.807, 2.05) is 30.3 Å². The zero-order chi connectivity index (χ0) is 31.9. The maximum Gasteiger partial charge on any atom is 0.264 e. The lowest BCUT2D eigenvalue weighted by molar-refractivity contribution is -0.140. The van der Waals surface area contributed by atoms with Crippen LogP contribution >= 0.6 is 23.2 Å². The van der Waals surface area contributed by atoms with Crippen molar-refractivity contribution in [3.8, 4) is 0 Å². The van der Waals surface area contributed by atoms with Crippen LogP contribution in [0.3, 0.4) is 0 Å². The summed E-state index contributed by atoms with van der Waals surface area (Å²) in [7, 11) is -4.30. The van der Waals surface area contributed by atoms with Gasteiger partial charge in [-0.2, -0.15) is 0 Å². The van der Waals surface area contributed by atoms with Gasteiger partial charge < -0.3 is 10.2 Å². The van der Waals surface area contributed by atoms with Crippen LogP contribution in [0.4, 0.5) is 10.1 Å². The Balaban J connectivity index is 1.83. The van der Waals surface area contributed by atoms with Crippen molar-refractivity contribution in [2.24, 2.45) is 0 Å². The second-order valence-electron chi connectivity index (χ2n) is 10.4. The predicted octanol–water partition coefficient (Wildman–Crippen LogP) is 6.49. The molecule has 230 valence electrons. The number of rotatable bonds is 12. The number of hydrogen-bond acceptors (Lipinski definition) is 4. The molecule has 0 saturated carbocycles. The molecule has 0 saturated heterocycles. The second kappa shape index (κ2) is 14.7. The van der Waals surface area contributed by atoms with Gasteiger partial charge in [-0.25, -0.2) is 12.8 Å². The summed E-state index contributed by atoms with van der Waals surface area (Å²) in [6.45, 7) is 2.74. The molecular formula is C33H32Cl2FN3O4S. The minimum atomic E-state index is -4.30. The molecular weight excluding hydrogens is 624 g/mol. The maximum absolute atomic E-state index is 14.4. The third kappa shape index (κ3) is 8.16. The van der Waals surface area contributed by atoms with Crippen LogP contribution in [-0.4, -0.2) is 43.8 Å². The largest absolute Gasteiger partial charge is 0.352 e. The molecule has 7 nitrogen and oxygen atoms in total. The summed E-state index contributed by atoms with van der Waals surface area (Å²) < 4.78 is 42.6. The first-order valence-corrected chi connectivity index (χ1v) is 16.1. The maximum atomic E-state index is 14.4. The minimum Gasteiger partial charge on any atom is -0.352 e. The third-order valence-corrected chi connectivity index (χ3v) is 9.31. The van der Waals surface area contributed by atoms with E-state index in [4.69, 9.17) is 23.2 Å². The molecule has 1 atom stereocenters. The highest BCUT2D eigenvalue weighted by atomic mass is 35.5. The lowest BCUT2D eigenvalue weighted by Crippen LogP contribution is -2.54. The standard InChI is InChI=1S/C33H32Cl2FN3O4S/c1-23(2)37-33(41)31(20-24-10-5-3-6-11-24)38(21-28-29(34)14-9-15-30(28)35)32(40)22-39(26-18-16-25(36)17-19-26)44(42,43)27-12-7-4-8-13-27/h3-19,23,31H,20-22H2,1-2H3,(H,37,41). The fourth-order valence-electron chi connectivity index (χ4n) is 4.64. The quantitative estimate of drug-likeness (QED) is 0.189. The molecule has 2 amide bonds. The van der Waals surface area contributed by atoms with Crippen molar-refractivity contribution in [1.29, 1.82) is 0 Å². The van der Waals surface area contributed by atoms with Crippen LogP contribution in [0.5, 0.6) is 0 Å². The number of nitrogens with one attached hydrogen (secondary N) is 1. The molecule has 0 aromatic heterocycles. The minimum absolute atomic E-state index is 0.0591. The fourth-order valence-corrected chi connectivity index (χ4v) is 6.60. The van der Waals surface area contributed by atoms with Crippen molar-refractivity contribution in [2.75, 3.05) is 10.8 Å². The molecule has 0 fully saturated rings. The Kier molecular flexibility index (Phi) is 11.0. The van der Waals surface area contributed by atoms with Gasteiger partial charge in [-0.15, -0.1) is 0 Å². The predicted molar refractivity (Wildman–Crippen MR) is 172 cm³/mol. The second-order valence-corrected chi connectivity index (χ2v) is 13.1. The van der Waals surface area contributed by atoms with Crippen LogP contribution in [-0.2, 0) is 32.6 Å². The highest BCUT2D eigenvalue weighted by molar-refractivity contribution is 7.92. The number of sulfonamides is 1. The molecule has 4 rings (SSSR count). The summed E-state index contributed by atoms with van der Waals surface area (Å²) >= 11 is 13.0. The number of carbonyl (C=O) groups is 2. The van der Waals surface area contributed by atoms with Gasteiger partial charge in [-0.1, -0.05) is 77.8 Å². The van der Waals surface area contributed by atoms with Crippen molar-refractivity contribution in [3.05, 3.63) is 130 Å². The van der Waals surface area contributed by atoms with Gasteiger partial charge >= 0.3 is 0 Å². The van der Waals surface area contributed by atoms with E-state index in [9.17, 15) is 22.4 Å². The first-order chi connectivity index (χ1) is 21.0. The van der Waals surface area contributed by atoms with E-state index in [2.05, 4.69) is 5.32 Å². The van der Waals surface area contributed by atoms with E-state index in [0.717, 1.165) is 22.0 Å². The Bertz CT molecular complexity index is 1670. The number of carbonyl (C=O) groups excluding carboxylic acids is 2. The van der Waals surface area contributed by atoms with E-state index in [1.165, 1.54) is 29.2 Å². The van der Waals surface area contributed by atoms with Crippen LogP contribution in [0.1, 0.15) is 25.0 Å². The molecule has 0 aliphatic heterocycles. The summed E-state index contributed by atoms with van der Waals surface area (Å²) in [5, 5.41) is 3.45. The smallest absolute Gasteiger partial charge is 0.264 e. The number of amides is 2. The van der Waals surface area contributed by atoms with Gasteiger partial charge in [0.2, 0.25) is 11.8 Å². The molecule has 1 N–H and O–H groups in total. The Morgan fingerprint density at radius 2 is 1.39 bits per heavy atom. The number of benzene rings is 4. The summed E-state index contributed by atoms with van der Waals surface area (Å²) in [5.41, 5.74) is 1.26. The van der Waals surface area contributed by atoms with Crippen molar-refractivity contribution in [1.82, 2.24) is 10.2 Å². The zero-order valence-corrected chi connectivity index (χ0v) is 26.5. The van der Waals surface area contributed by atoms with Crippen LogP contribution < -0.4 is 9.62 Å². The highest BCUT2D eigenvalue weighted by Crippen LogP contribution is 2.29. The summed E-state index contributed by atoms with van der Waals surface area (Å²) in [5.74, 6) is -1.69. The van der Waals surface area contributed by atoms with Crippen LogP contribution in [0.2, 0.25) is 10.0 Å². The summed E-state index contributed by atoms with van der Waals surface area (Å²) in [4.78, 5) is 29.4. The number of nitrogens with zero attached hydrogens (tertiary/aromatic N) is 2. The Morgan fingerprint density at radius 3 is 1.95 bits per heavy atom. The first-order valence-electron chi connectivity index (χ1n) is 13.9. The first kappa shape index (κ1) is 33.0. The average Bonchev–Trinajstić information content (AvgIpc) is 3.00. The molecule has 4 aromatic carbocycles. The highest BCUT2D eigenvalue weighted by Gasteiger charge is 2.35. The summed E-state index contributed by atoms with van der Waals surface area (Å²) in [6.07, 6.45) is 0.134. The van der Waals surface area contributed by atoms with Gasteiger partial charge in [0, 0.05) is 34.6 Å². The lowest BCUT2D eigenvalue weighted by atomic mass is 10.0. The van der Waals surface area contributed by atoms with Gasteiger partial charge in [0.1, 0.15) is 18.4 Å². The van der Waals surface area contributed by atoms with E-state index < -0.39 is 40.2 Å². The fraction of sp³-hybridized carbons (Fsp3) is 0.212. The number of halogens is 3. The number of hydrogen-bond donors (Lipinski definition) is 1. The Hall–Kier alpha value is -3.92. The topological polar surface area (TPSA) is 86.8 Å². The van der Waals surface area contributed by atoms with Crippen molar-refractivity contribution in [3.63, 3.8) is 0 Å². The lowest BCUT2D eigenvalue weighted by Gasteiger charge is -2.34. The van der Waals surface area contributed by atoms with Crippen molar-refractivity contribution >= 4 is 50.7 Å². The normalized spacial score (nSPS) is 12.0. The van der Waals surface area contributed by atoms with E-state index in [-0.39, 0.29) is 39.6 Å². The molecule has 4 aromatic rings. The van der Waals surface area contributed by atoms with E-state index >= 15 is 0 Å². The molecule has 0 heterocycles. The summed E-state index contributed by atoms with van der Waals surface area (Å²) in [6, 6.07) is 25.2. The van der Waals surface area contributed by atoms with E-state index in [1.54, 1.807) is 50.2 Å².